The SMILES string of the molecule is COCCNC1CCOC2(CCOCC2)C1. The summed E-state index contributed by atoms with van der Waals surface area (Å²) in [6, 6.07) is 0.585. The zero-order chi connectivity index (χ0) is 11.3. The van der Waals surface area contributed by atoms with Gasteiger partial charge >= 0.3 is 0 Å². The molecule has 0 bridgehead atoms. The monoisotopic (exact) mass is 229 g/mol. The third-order valence-corrected chi connectivity index (χ3v) is 3.64. The number of rotatable bonds is 4. The van der Waals surface area contributed by atoms with Gasteiger partial charge in [-0.3, -0.25) is 0 Å². The highest BCUT2D eigenvalue weighted by Crippen LogP contribution is 2.34. The van der Waals surface area contributed by atoms with Gasteiger partial charge in [-0.15, -0.1) is 0 Å². The molecule has 1 unspecified atom stereocenters. The Morgan fingerprint density at radius 3 is 2.88 bits per heavy atom. The normalized spacial score (nSPS) is 29.4. The van der Waals surface area contributed by atoms with Crippen LogP contribution in [0.5, 0.6) is 0 Å². The highest BCUT2D eigenvalue weighted by molar-refractivity contribution is 4.91. The maximum atomic E-state index is 5.99. The molecule has 0 aromatic rings. The molecular weight excluding hydrogens is 206 g/mol. The molecule has 16 heavy (non-hydrogen) atoms. The predicted molar refractivity (Wildman–Crippen MR) is 61.6 cm³/mol. The summed E-state index contributed by atoms with van der Waals surface area (Å²) in [5.74, 6) is 0. The quantitative estimate of drug-likeness (QED) is 0.729. The fourth-order valence-corrected chi connectivity index (χ4v) is 2.66. The lowest BCUT2D eigenvalue weighted by atomic mass is 9.84. The Labute approximate surface area is 97.6 Å². The van der Waals surface area contributed by atoms with Crippen molar-refractivity contribution < 1.29 is 14.2 Å². The van der Waals surface area contributed by atoms with Crippen molar-refractivity contribution in [2.45, 2.75) is 37.3 Å². The smallest absolute Gasteiger partial charge is 0.0741 e. The second-order valence-corrected chi connectivity index (χ2v) is 4.78. The van der Waals surface area contributed by atoms with E-state index < -0.39 is 0 Å². The molecule has 0 amide bonds. The van der Waals surface area contributed by atoms with Gasteiger partial charge in [-0.1, -0.05) is 0 Å². The summed E-state index contributed by atoms with van der Waals surface area (Å²) in [5, 5.41) is 3.55. The van der Waals surface area contributed by atoms with Crippen LogP contribution in [-0.4, -0.2) is 51.7 Å². The first-order valence-corrected chi connectivity index (χ1v) is 6.29. The number of hydrogen-bond acceptors (Lipinski definition) is 4. The highest BCUT2D eigenvalue weighted by Gasteiger charge is 2.38. The zero-order valence-electron chi connectivity index (χ0n) is 10.2. The fraction of sp³-hybridized carbons (Fsp3) is 1.00. The highest BCUT2D eigenvalue weighted by atomic mass is 16.5. The minimum Gasteiger partial charge on any atom is -0.383 e. The van der Waals surface area contributed by atoms with E-state index in [2.05, 4.69) is 5.32 Å². The van der Waals surface area contributed by atoms with E-state index in [-0.39, 0.29) is 5.60 Å². The van der Waals surface area contributed by atoms with Crippen molar-refractivity contribution in [1.82, 2.24) is 5.32 Å². The van der Waals surface area contributed by atoms with Crippen molar-refractivity contribution in [2.24, 2.45) is 0 Å². The van der Waals surface area contributed by atoms with E-state index in [1.54, 1.807) is 7.11 Å². The molecule has 2 saturated heterocycles. The largest absolute Gasteiger partial charge is 0.383 e. The molecule has 4 heteroatoms. The van der Waals surface area contributed by atoms with Gasteiger partial charge in [0.15, 0.2) is 0 Å². The molecule has 2 aliphatic heterocycles. The van der Waals surface area contributed by atoms with E-state index in [0.717, 1.165) is 58.7 Å². The minimum atomic E-state index is 0.0985. The van der Waals surface area contributed by atoms with Crippen LogP contribution < -0.4 is 5.32 Å². The molecule has 2 fully saturated rings. The summed E-state index contributed by atoms with van der Waals surface area (Å²) in [4.78, 5) is 0. The summed E-state index contributed by atoms with van der Waals surface area (Å²) in [6.45, 7) is 4.31. The van der Waals surface area contributed by atoms with Gasteiger partial charge in [0, 0.05) is 39.5 Å². The van der Waals surface area contributed by atoms with E-state index in [1.807, 2.05) is 0 Å². The van der Waals surface area contributed by atoms with Crippen molar-refractivity contribution in [3.05, 3.63) is 0 Å². The Morgan fingerprint density at radius 1 is 1.31 bits per heavy atom. The molecule has 2 aliphatic rings. The molecule has 0 aliphatic carbocycles. The fourth-order valence-electron chi connectivity index (χ4n) is 2.66. The van der Waals surface area contributed by atoms with Crippen LogP contribution in [0.4, 0.5) is 0 Å². The van der Waals surface area contributed by atoms with Crippen LogP contribution in [-0.2, 0) is 14.2 Å². The van der Waals surface area contributed by atoms with Gasteiger partial charge < -0.3 is 19.5 Å². The van der Waals surface area contributed by atoms with Crippen LogP contribution in [0.3, 0.4) is 0 Å². The molecule has 94 valence electrons. The van der Waals surface area contributed by atoms with Gasteiger partial charge in [0.05, 0.1) is 12.2 Å². The van der Waals surface area contributed by atoms with Crippen molar-refractivity contribution >= 4 is 0 Å². The van der Waals surface area contributed by atoms with Crippen LogP contribution in [0.15, 0.2) is 0 Å². The Bertz CT molecular complexity index is 199. The number of methoxy groups -OCH3 is 1. The molecule has 0 radical (unpaired) electrons. The van der Waals surface area contributed by atoms with E-state index in [0.29, 0.717) is 6.04 Å². The van der Waals surface area contributed by atoms with Crippen molar-refractivity contribution in [1.29, 1.82) is 0 Å². The molecule has 1 atom stereocenters. The van der Waals surface area contributed by atoms with E-state index in [4.69, 9.17) is 14.2 Å². The lowest BCUT2D eigenvalue weighted by molar-refractivity contribution is -0.140. The molecule has 4 nitrogen and oxygen atoms in total. The second-order valence-electron chi connectivity index (χ2n) is 4.78. The van der Waals surface area contributed by atoms with Crippen LogP contribution in [0.2, 0.25) is 0 Å². The summed E-state index contributed by atoms with van der Waals surface area (Å²) >= 11 is 0. The van der Waals surface area contributed by atoms with Crippen molar-refractivity contribution in [2.75, 3.05) is 40.1 Å². The topological polar surface area (TPSA) is 39.7 Å². The average molecular weight is 229 g/mol. The summed E-state index contributed by atoms with van der Waals surface area (Å²) in [7, 11) is 1.74. The Hall–Kier alpha value is -0.160. The van der Waals surface area contributed by atoms with Crippen LogP contribution in [0, 0.1) is 0 Å². The molecule has 0 aromatic heterocycles. The van der Waals surface area contributed by atoms with Gasteiger partial charge in [0.25, 0.3) is 0 Å². The Kier molecular flexibility index (Phi) is 4.58. The maximum Gasteiger partial charge on any atom is 0.0741 e. The van der Waals surface area contributed by atoms with E-state index >= 15 is 0 Å². The zero-order valence-corrected chi connectivity index (χ0v) is 10.2. The van der Waals surface area contributed by atoms with Crippen LogP contribution in [0.25, 0.3) is 0 Å². The predicted octanol–water partition coefficient (Wildman–Crippen LogP) is 0.951. The van der Waals surface area contributed by atoms with Crippen molar-refractivity contribution in [3.63, 3.8) is 0 Å². The minimum absolute atomic E-state index is 0.0985. The standard InChI is InChI=1S/C12H23NO3/c1-14-9-5-13-11-2-6-16-12(10-11)3-7-15-8-4-12/h11,13H,2-10H2,1H3. The number of ether oxygens (including phenoxy) is 3. The van der Waals surface area contributed by atoms with Gasteiger partial charge in [0.1, 0.15) is 0 Å². The average Bonchev–Trinajstić information content (AvgIpc) is 2.31. The molecular formula is C12H23NO3. The summed E-state index contributed by atoms with van der Waals surface area (Å²) in [6.07, 6.45) is 4.34. The molecule has 0 aromatic carbocycles. The van der Waals surface area contributed by atoms with Crippen molar-refractivity contribution in [3.8, 4) is 0 Å². The Morgan fingerprint density at radius 2 is 2.12 bits per heavy atom. The summed E-state index contributed by atoms with van der Waals surface area (Å²) in [5.41, 5.74) is 0.0985. The Balaban J connectivity index is 1.78. The third kappa shape index (κ3) is 3.17. The first-order chi connectivity index (χ1) is 7.85. The lowest BCUT2D eigenvalue weighted by Crippen LogP contribution is -2.50. The van der Waals surface area contributed by atoms with E-state index in [1.165, 1.54) is 0 Å². The summed E-state index contributed by atoms with van der Waals surface area (Å²) < 4.78 is 16.5. The maximum absolute atomic E-state index is 5.99. The number of hydrogen-bond donors (Lipinski definition) is 1. The lowest BCUT2D eigenvalue weighted by Gasteiger charge is -2.43. The first kappa shape index (κ1) is 12.3. The van der Waals surface area contributed by atoms with Gasteiger partial charge in [-0.2, -0.15) is 0 Å². The molecule has 1 N–H and O–H groups in total. The van der Waals surface area contributed by atoms with E-state index in [9.17, 15) is 0 Å². The molecule has 2 rings (SSSR count). The van der Waals surface area contributed by atoms with Crippen LogP contribution >= 0.6 is 0 Å². The van der Waals surface area contributed by atoms with Gasteiger partial charge in [-0.25, -0.2) is 0 Å². The second kappa shape index (κ2) is 5.96. The third-order valence-electron chi connectivity index (χ3n) is 3.64. The molecule has 0 saturated carbocycles. The number of nitrogens with one attached hydrogen (secondary N) is 1. The first-order valence-electron chi connectivity index (χ1n) is 6.29. The molecule has 1 spiro atoms. The van der Waals surface area contributed by atoms with Gasteiger partial charge in [0.2, 0.25) is 0 Å². The van der Waals surface area contributed by atoms with Crippen LogP contribution in [0.1, 0.15) is 25.7 Å². The van der Waals surface area contributed by atoms with Gasteiger partial charge in [-0.05, 0) is 25.7 Å². The molecule has 2 heterocycles.